The maximum Gasteiger partial charge on any atom is 0.163 e. The summed E-state index contributed by atoms with van der Waals surface area (Å²) in [4.78, 5) is 0. The van der Waals surface area contributed by atoms with Gasteiger partial charge in [0.05, 0.1) is 0 Å². The lowest BCUT2D eigenvalue weighted by molar-refractivity contribution is 0.486. The zero-order chi connectivity index (χ0) is 9.64. The molecule has 0 heterocycles. The smallest absolute Gasteiger partial charge is 0.163 e. The molecule has 0 aliphatic heterocycles. The van der Waals surface area contributed by atoms with E-state index in [1.807, 2.05) is 0 Å². The first-order valence-corrected chi connectivity index (χ1v) is 4.35. The van der Waals surface area contributed by atoms with Gasteiger partial charge in [0.25, 0.3) is 0 Å². The molecule has 1 aliphatic rings. The van der Waals surface area contributed by atoms with Crippen LogP contribution in [-0.2, 0) is 5.54 Å². The summed E-state index contributed by atoms with van der Waals surface area (Å²) in [6.45, 7) is 0. The van der Waals surface area contributed by atoms with E-state index in [1.54, 1.807) is 0 Å². The van der Waals surface area contributed by atoms with E-state index in [1.165, 1.54) is 6.07 Å². The maximum absolute atomic E-state index is 13.2. The van der Waals surface area contributed by atoms with Crippen molar-refractivity contribution in [2.24, 2.45) is 5.73 Å². The molecule has 1 fully saturated rings. The Morgan fingerprint density at radius 2 is 1.92 bits per heavy atom. The Kier molecular flexibility index (Phi) is 1.82. The minimum atomic E-state index is -0.931. The molecule has 1 aromatic rings. The number of hydrogen-bond acceptors (Lipinski definition) is 1. The van der Waals surface area contributed by atoms with E-state index in [4.69, 9.17) is 17.3 Å². The first kappa shape index (κ1) is 8.91. The molecule has 0 unspecified atom stereocenters. The SMILES string of the molecule is NC1(c2cc(Cl)cc(F)c2F)CC1. The molecule has 70 valence electrons. The molecular weight excluding hydrogens is 196 g/mol. The number of halogens is 3. The molecule has 1 aliphatic carbocycles. The maximum atomic E-state index is 13.2. The molecule has 0 radical (unpaired) electrons. The molecule has 0 saturated heterocycles. The van der Waals surface area contributed by atoms with Crippen molar-refractivity contribution in [3.8, 4) is 0 Å². The van der Waals surface area contributed by atoms with Crippen LogP contribution in [0.4, 0.5) is 8.78 Å². The van der Waals surface area contributed by atoms with Gasteiger partial charge in [-0.1, -0.05) is 11.6 Å². The predicted octanol–water partition coefficient (Wildman–Crippen LogP) is 2.57. The van der Waals surface area contributed by atoms with Gasteiger partial charge in [-0.2, -0.15) is 0 Å². The van der Waals surface area contributed by atoms with Gasteiger partial charge in [0.2, 0.25) is 0 Å². The number of benzene rings is 1. The molecule has 2 N–H and O–H groups in total. The van der Waals surface area contributed by atoms with Crippen LogP contribution in [0, 0.1) is 11.6 Å². The molecule has 1 saturated carbocycles. The van der Waals surface area contributed by atoms with Crippen molar-refractivity contribution < 1.29 is 8.78 Å². The van der Waals surface area contributed by atoms with Gasteiger partial charge in [0.1, 0.15) is 0 Å². The van der Waals surface area contributed by atoms with E-state index >= 15 is 0 Å². The highest BCUT2D eigenvalue weighted by atomic mass is 35.5. The van der Waals surface area contributed by atoms with Gasteiger partial charge in [0.15, 0.2) is 11.6 Å². The Morgan fingerprint density at radius 1 is 1.31 bits per heavy atom. The number of nitrogens with two attached hydrogens (primary N) is 1. The summed E-state index contributed by atoms with van der Waals surface area (Å²) in [6, 6.07) is 2.35. The molecule has 0 spiro atoms. The Morgan fingerprint density at radius 3 is 2.46 bits per heavy atom. The van der Waals surface area contributed by atoms with Crippen molar-refractivity contribution in [1.29, 1.82) is 0 Å². The standard InChI is InChI=1S/C9H8ClF2N/c10-5-3-6(9(13)1-2-9)8(12)7(11)4-5/h3-4H,1-2,13H2. The summed E-state index contributed by atoms with van der Waals surface area (Å²) >= 11 is 5.59. The van der Waals surface area contributed by atoms with Crippen LogP contribution in [0.3, 0.4) is 0 Å². The van der Waals surface area contributed by atoms with Crippen molar-refractivity contribution in [1.82, 2.24) is 0 Å². The summed E-state index contributed by atoms with van der Waals surface area (Å²) in [7, 11) is 0. The number of hydrogen-bond donors (Lipinski definition) is 1. The third kappa shape index (κ3) is 1.42. The first-order valence-electron chi connectivity index (χ1n) is 3.97. The van der Waals surface area contributed by atoms with Crippen LogP contribution in [0.15, 0.2) is 12.1 Å². The van der Waals surface area contributed by atoms with Crippen LogP contribution in [0.25, 0.3) is 0 Å². The van der Waals surface area contributed by atoms with E-state index in [-0.39, 0.29) is 10.6 Å². The normalized spacial score (nSPS) is 18.8. The second-order valence-electron chi connectivity index (χ2n) is 3.41. The average molecular weight is 204 g/mol. The lowest BCUT2D eigenvalue weighted by Gasteiger charge is -2.10. The summed E-state index contributed by atoms with van der Waals surface area (Å²) < 4.78 is 26.1. The summed E-state index contributed by atoms with van der Waals surface area (Å²) in [5.41, 5.74) is 5.25. The summed E-state index contributed by atoms with van der Waals surface area (Å²) in [5.74, 6) is -1.80. The highest BCUT2D eigenvalue weighted by molar-refractivity contribution is 6.30. The molecule has 2 rings (SSSR count). The zero-order valence-corrected chi connectivity index (χ0v) is 7.54. The molecule has 0 atom stereocenters. The van der Waals surface area contributed by atoms with E-state index < -0.39 is 17.2 Å². The monoisotopic (exact) mass is 203 g/mol. The minimum absolute atomic E-state index is 0.186. The molecule has 0 amide bonds. The Balaban J connectivity index is 2.56. The third-order valence-electron chi connectivity index (χ3n) is 2.32. The van der Waals surface area contributed by atoms with Crippen molar-refractivity contribution in [3.63, 3.8) is 0 Å². The molecule has 13 heavy (non-hydrogen) atoms. The molecule has 0 bridgehead atoms. The van der Waals surface area contributed by atoms with E-state index in [9.17, 15) is 8.78 Å². The number of rotatable bonds is 1. The van der Waals surface area contributed by atoms with Gasteiger partial charge >= 0.3 is 0 Å². The van der Waals surface area contributed by atoms with Gasteiger partial charge in [-0.15, -0.1) is 0 Å². The molecular formula is C9H8ClF2N. The highest BCUT2D eigenvalue weighted by Crippen LogP contribution is 2.44. The van der Waals surface area contributed by atoms with E-state index in [0.29, 0.717) is 12.8 Å². The third-order valence-corrected chi connectivity index (χ3v) is 2.54. The summed E-state index contributed by atoms with van der Waals surface area (Å²) in [5, 5.41) is 0.186. The lowest BCUT2D eigenvalue weighted by atomic mass is 10.1. The molecule has 0 aromatic heterocycles. The zero-order valence-electron chi connectivity index (χ0n) is 6.78. The predicted molar refractivity (Wildman–Crippen MR) is 46.5 cm³/mol. The first-order chi connectivity index (χ1) is 6.03. The van der Waals surface area contributed by atoms with Crippen LogP contribution < -0.4 is 5.73 Å². The fourth-order valence-corrected chi connectivity index (χ4v) is 1.53. The van der Waals surface area contributed by atoms with Gasteiger partial charge in [-0.3, -0.25) is 0 Å². The van der Waals surface area contributed by atoms with E-state index in [0.717, 1.165) is 6.07 Å². The molecule has 1 aromatic carbocycles. The van der Waals surface area contributed by atoms with Crippen molar-refractivity contribution >= 4 is 11.6 Å². The fourth-order valence-electron chi connectivity index (χ4n) is 1.32. The van der Waals surface area contributed by atoms with Crippen LogP contribution in [-0.4, -0.2) is 0 Å². The highest BCUT2D eigenvalue weighted by Gasteiger charge is 2.42. The van der Waals surface area contributed by atoms with E-state index in [2.05, 4.69) is 0 Å². The van der Waals surface area contributed by atoms with Crippen LogP contribution >= 0.6 is 11.6 Å². The second-order valence-corrected chi connectivity index (χ2v) is 3.84. The van der Waals surface area contributed by atoms with Crippen molar-refractivity contribution in [3.05, 3.63) is 34.4 Å². The van der Waals surface area contributed by atoms with Crippen LogP contribution in [0.5, 0.6) is 0 Å². The fraction of sp³-hybridized carbons (Fsp3) is 0.333. The Labute approximate surface area is 79.5 Å². The van der Waals surface area contributed by atoms with Crippen molar-refractivity contribution in [2.45, 2.75) is 18.4 Å². The van der Waals surface area contributed by atoms with Crippen molar-refractivity contribution in [2.75, 3.05) is 0 Å². The minimum Gasteiger partial charge on any atom is -0.321 e. The quantitative estimate of drug-likeness (QED) is 0.698. The van der Waals surface area contributed by atoms with Gasteiger partial charge < -0.3 is 5.73 Å². The molecule has 4 heteroatoms. The largest absolute Gasteiger partial charge is 0.321 e. The Hall–Kier alpha value is -0.670. The van der Waals surface area contributed by atoms with Gasteiger partial charge in [-0.05, 0) is 25.0 Å². The topological polar surface area (TPSA) is 26.0 Å². The van der Waals surface area contributed by atoms with Crippen LogP contribution in [0.1, 0.15) is 18.4 Å². The van der Waals surface area contributed by atoms with Crippen LogP contribution in [0.2, 0.25) is 5.02 Å². The summed E-state index contributed by atoms with van der Waals surface area (Å²) in [6.07, 6.45) is 1.37. The lowest BCUT2D eigenvalue weighted by Crippen LogP contribution is -2.21. The Bertz CT molecular complexity index is 361. The average Bonchev–Trinajstić information content (AvgIpc) is 2.77. The molecule has 1 nitrogen and oxygen atoms in total. The van der Waals surface area contributed by atoms with Gasteiger partial charge in [0, 0.05) is 16.1 Å². The second kappa shape index (κ2) is 2.66. The van der Waals surface area contributed by atoms with Gasteiger partial charge in [-0.25, -0.2) is 8.78 Å².